The molecule has 0 bridgehead atoms. The minimum atomic E-state index is -0.706. The summed E-state index contributed by atoms with van der Waals surface area (Å²) in [5, 5.41) is 0.544. The third-order valence-electron chi connectivity index (χ3n) is 5.12. The van der Waals surface area contributed by atoms with Crippen molar-refractivity contribution < 1.29 is 19.1 Å². The molecule has 0 saturated carbocycles. The maximum atomic E-state index is 13.6. The molecular weight excluding hydrogens is 476 g/mol. The van der Waals surface area contributed by atoms with Crippen LogP contribution in [0.5, 0.6) is 5.75 Å². The van der Waals surface area contributed by atoms with Crippen LogP contribution in [0.2, 0.25) is 5.02 Å². The normalized spacial score (nSPS) is 15.5. The summed E-state index contributed by atoms with van der Waals surface area (Å²) in [6, 6.07) is 13.2. The summed E-state index contributed by atoms with van der Waals surface area (Å²) in [4.78, 5) is 42.7. The quantitative estimate of drug-likeness (QED) is 0.399. The van der Waals surface area contributed by atoms with Crippen molar-refractivity contribution in [3.63, 3.8) is 0 Å². The van der Waals surface area contributed by atoms with Gasteiger partial charge < -0.3 is 9.47 Å². The predicted octanol–water partition coefficient (Wildman–Crippen LogP) is 3.38. The smallest absolute Gasteiger partial charge is 0.338 e. The molecule has 0 fully saturated rings. The lowest BCUT2D eigenvalue weighted by Gasteiger charge is -2.24. The van der Waals surface area contributed by atoms with Gasteiger partial charge in [-0.2, -0.15) is 0 Å². The Morgan fingerprint density at radius 2 is 1.94 bits per heavy atom. The van der Waals surface area contributed by atoms with Crippen molar-refractivity contribution in [3.8, 4) is 5.75 Å². The summed E-state index contributed by atoms with van der Waals surface area (Å²) in [5.74, 6) is -0.568. The van der Waals surface area contributed by atoms with E-state index in [4.69, 9.17) is 21.1 Å². The Morgan fingerprint density at radius 3 is 2.62 bits per heavy atom. The fraction of sp³-hybridized carbons (Fsp3) is 0.200. The number of carbonyl (C=O) groups is 2. The minimum Gasteiger partial charge on any atom is -0.463 e. The first-order valence-electron chi connectivity index (χ1n) is 10.5. The molecule has 1 aliphatic heterocycles. The summed E-state index contributed by atoms with van der Waals surface area (Å²) < 4.78 is 12.4. The van der Waals surface area contributed by atoms with Gasteiger partial charge in [-0.15, -0.1) is 0 Å². The van der Waals surface area contributed by atoms with E-state index in [-0.39, 0.29) is 12.2 Å². The third kappa shape index (κ3) is 4.73. The van der Waals surface area contributed by atoms with Gasteiger partial charge in [0.05, 0.1) is 28.5 Å². The highest BCUT2D eigenvalue weighted by Gasteiger charge is 2.33. The van der Waals surface area contributed by atoms with Gasteiger partial charge in [0.15, 0.2) is 4.80 Å². The molecule has 3 aromatic rings. The van der Waals surface area contributed by atoms with E-state index in [0.29, 0.717) is 42.5 Å². The molecule has 0 spiro atoms. The van der Waals surface area contributed by atoms with Gasteiger partial charge in [-0.05, 0) is 55.3 Å². The van der Waals surface area contributed by atoms with E-state index in [0.717, 1.165) is 0 Å². The fourth-order valence-electron chi connectivity index (χ4n) is 3.74. The first-order chi connectivity index (χ1) is 16.3. The van der Waals surface area contributed by atoms with Crippen LogP contribution in [-0.4, -0.2) is 23.1 Å². The molecule has 9 heteroatoms. The second-order valence-corrected chi connectivity index (χ2v) is 8.97. The highest BCUT2D eigenvalue weighted by molar-refractivity contribution is 7.07. The SMILES string of the molecule is CCOC(=O)C1=C(C)N=c2s/c(=C/c3cccc(OC(C)=O)c3)c(=O)n2[C@H]1c1ccc(Cl)cc1. The van der Waals surface area contributed by atoms with Gasteiger partial charge in [-0.25, -0.2) is 9.79 Å². The number of allylic oxidation sites excluding steroid dienone is 1. The average Bonchev–Trinajstić information content (AvgIpc) is 3.08. The molecule has 2 aromatic carbocycles. The Bertz CT molecular complexity index is 1480. The lowest BCUT2D eigenvalue weighted by atomic mass is 9.96. The summed E-state index contributed by atoms with van der Waals surface area (Å²) in [5.41, 5.74) is 1.90. The Hall–Kier alpha value is -3.49. The monoisotopic (exact) mass is 496 g/mol. The largest absolute Gasteiger partial charge is 0.463 e. The maximum absolute atomic E-state index is 13.6. The molecule has 2 heterocycles. The van der Waals surface area contributed by atoms with Crippen molar-refractivity contribution >= 4 is 41.0 Å². The van der Waals surface area contributed by atoms with Gasteiger partial charge in [0.1, 0.15) is 5.75 Å². The maximum Gasteiger partial charge on any atom is 0.338 e. The van der Waals surface area contributed by atoms with Crippen LogP contribution in [-0.2, 0) is 14.3 Å². The van der Waals surface area contributed by atoms with Crippen LogP contribution < -0.4 is 19.6 Å². The number of carbonyl (C=O) groups excluding carboxylic acids is 2. The van der Waals surface area contributed by atoms with Gasteiger partial charge in [0.2, 0.25) is 0 Å². The fourth-order valence-corrected chi connectivity index (χ4v) is 4.91. The molecule has 1 aromatic heterocycles. The van der Waals surface area contributed by atoms with E-state index >= 15 is 0 Å². The van der Waals surface area contributed by atoms with Crippen molar-refractivity contribution in [2.45, 2.75) is 26.8 Å². The van der Waals surface area contributed by atoms with E-state index in [1.54, 1.807) is 68.5 Å². The second-order valence-electron chi connectivity index (χ2n) is 7.52. The zero-order valence-electron chi connectivity index (χ0n) is 18.7. The lowest BCUT2D eigenvalue weighted by molar-refractivity contribution is -0.139. The van der Waals surface area contributed by atoms with Gasteiger partial charge in [0, 0.05) is 11.9 Å². The van der Waals surface area contributed by atoms with E-state index in [2.05, 4.69) is 4.99 Å². The number of halogens is 1. The molecular formula is C25H21ClN2O5S. The number of ether oxygens (including phenoxy) is 2. The van der Waals surface area contributed by atoms with Crippen LogP contribution in [0.15, 0.2) is 69.6 Å². The van der Waals surface area contributed by atoms with Gasteiger partial charge >= 0.3 is 11.9 Å². The molecule has 7 nitrogen and oxygen atoms in total. The zero-order chi connectivity index (χ0) is 24.4. The van der Waals surface area contributed by atoms with Crippen molar-refractivity contribution in [2.75, 3.05) is 6.61 Å². The van der Waals surface area contributed by atoms with Crippen molar-refractivity contribution in [1.82, 2.24) is 4.57 Å². The number of aromatic nitrogens is 1. The summed E-state index contributed by atoms with van der Waals surface area (Å²) in [7, 11) is 0. The number of benzene rings is 2. The Morgan fingerprint density at radius 1 is 1.21 bits per heavy atom. The van der Waals surface area contributed by atoms with Crippen LogP contribution in [0, 0.1) is 0 Å². The van der Waals surface area contributed by atoms with Gasteiger partial charge in [0.25, 0.3) is 5.56 Å². The summed E-state index contributed by atoms with van der Waals surface area (Å²) >= 11 is 7.29. The van der Waals surface area contributed by atoms with Gasteiger partial charge in [-0.1, -0.05) is 47.2 Å². The van der Waals surface area contributed by atoms with Crippen LogP contribution in [0.4, 0.5) is 0 Å². The van der Waals surface area contributed by atoms with E-state index in [1.165, 1.54) is 22.8 Å². The third-order valence-corrected chi connectivity index (χ3v) is 6.36. The topological polar surface area (TPSA) is 87.0 Å². The number of rotatable bonds is 5. The molecule has 0 N–H and O–H groups in total. The van der Waals surface area contributed by atoms with Crippen molar-refractivity contribution in [2.24, 2.45) is 4.99 Å². The number of nitrogens with zero attached hydrogens (tertiary/aromatic N) is 2. The number of thiazole rings is 1. The summed E-state index contributed by atoms with van der Waals surface area (Å²) in [6.07, 6.45) is 1.71. The molecule has 0 radical (unpaired) electrons. The average molecular weight is 497 g/mol. The number of hydrogen-bond donors (Lipinski definition) is 0. The van der Waals surface area contributed by atoms with Crippen LogP contribution in [0.25, 0.3) is 6.08 Å². The molecule has 34 heavy (non-hydrogen) atoms. The molecule has 0 unspecified atom stereocenters. The van der Waals surface area contributed by atoms with Crippen LogP contribution in [0.3, 0.4) is 0 Å². The molecule has 174 valence electrons. The Labute approximate surface area is 204 Å². The second kappa shape index (κ2) is 9.79. The molecule has 0 saturated heterocycles. The zero-order valence-corrected chi connectivity index (χ0v) is 20.3. The molecule has 1 atom stereocenters. The highest BCUT2D eigenvalue weighted by atomic mass is 35.5. The van der Waals surface area contributed by atoms with Gasteiger partial charge in [-0.3, -0.25) is 14.2 Å². The van der Waals surface area contributed by atoms with Crippen molar-refractivity contribution in [1.29, 1.82) is 0 Å². The first kappa shape index (κ1) is 23.7. The number of esters is 2. The lowest BCUT2D eigenvalue weighted by Crippen LogP contribution is -2.39. The highest BCUT2D eigenvalue weighted by Crippen LogP contribution is 2.31. The first-order valence-corrected chi connectivity index (χ1v) is 11.7. The van der Waals surface area contributed by atoms with E-state index in [1.807, 2.05) is 0 Å². The molecule has 0 amide bonds. The minimum absolute atomic E-state index is 0.200. The number of fused-ring (bicyclic) bond motifs is 1. The van der Waals surface area contributed by atoms with E-state index < -0.39 is 18.0 Å². The number of hydrogen-bond acceptors (Lipinski definition) is 7. The molecule has 0 aliphatic carbocycles. The molecule has 1 aliphatic rings. The Kier molecular flexibility index (Phi) is 6.81. The van der Waals surface area contributed by atoms with E-state index in [9.17, 15) is 14.4 Å². The van der Waals surface area contributed by atoms with Crippen LogP contribution >= 0.6 is 22.9 Å². The predicted molar refractivity (Wildman–Crippen MR) is 130 cm³/mol. The Balaban J connectivity index is 1.90. The van der Waals surface area contributed by atoms with Crippen LogP contribution in [0.1, 0.15) is 37.9 Å². The molecule has 4 rings (SSSR count). The summed E-state index contributed by atoms with van der Waals surface area (Å²) in [6.45, 7) is 4.98. The van der Waals surface area contributed by atoms with Crippen molar-refractivity contribution in [3.05, 3.63) is 95.6 Å². The standard InChI is InChI=1S/C25H21ClN2O5S/c1-4-32-24(31)21-14(2)27-25-28(22(21)17-8-10-18(26)11-9-17)23(30)20(34-25)13-16-6-5-7-19(12-16)33-15(3)29/h5-13,22H,4H2,1-3H3/b20-13+/t22-/m0/s1.